The lowest BCUT2D eigenvalue weighted by atomic mass is 10.1. The molecule has 0 aliphatic carbocycles. The van der Waals surface area contributed by atoms with Gasteiger partial charge in [-0.2, -0.15) is 0 Å². The second-order valence-corrected chi connectivity index (χ2v) is 9.46. The molecule has 0 atom stereocenters. The van der Waals surface area contributed by atoms with Crippen molar-refractivity contribution in [2.45, 2.75) is 25.5 Å². The molecule has 5 nitrogen and oxygen atoms in total. The maximum Gasteiger partial charge on any atom is 0.150 e. The van der Waals surface area contributed by atoms with Crippen LogP contribution in [0.3, 0.4) is 0 Å². The Balaban J connectivity index is 1.70. The third kappa shape index (κ3) is 4.01. The summed E-state index contributed by atoms with van der Waals surface area (Å²) in [6, 6.07) is 16.8. The molecule has 0 radical (unpaired) electrons. The van der Waals surface area contributed by atoms with Gasteiger partial charge in [0.2, 0.25) is 0 Å². The van der Waals surface area contributed by atoms with Crippen molar-refractivity contribution in [3.05, 3.63) is 54.1 Å². The van der Waals surface area contributed by atoms with E-state index in [0.717, 1.165) is 33.4 Å². The number of rotatable bonds is 5. The number of hydrogen-bond donors (Lipinski definition) is 2. The summed E-state index contributed by atoms with van der Waals surface area (Å²) in [5.41, 5.74) is 5.34. The van der Waals surface area contributed by atoms with Gasteiger partial charge in [0.05, 0.1) is 29.3 Å². The van der Waals surface area contributed by atoms with Crippen LogP contribution in [0.25, 0.3) is 22.2 Å². The van der Waals surface area contributed by atoms with E-state index in [4.69, 9.17) is 4.74 Å². The first-order chi connectivity index (χ1) is 13.0. The number of nitrogens with one attached hydrogen (secondary N) is 2. The molecule has 142 valence electrons. The molecule has 1 fully saturated rings. The van der Waals surface area contributed by atoms with Gasteiger partial charge < -0.3 is 15.0 Å². The monoisotopic (exact) mass is 384 g/mol. The van der Waals surface area contributed by atoms with Crippen LogP contribution in [0.5, 0.6) is 0 Å². The summed E-state index contributed by atoms with van der Waals surface area (Å²) in [5, 5.41) is 4.69. The maximum atomic E-state index is 11.7. The van der Waals surface area contributed by atoms with Crippen LogP contribution >= 0.6 is 0 Å². The van der Waals surface area contributed by atoms with Gasteiger partial charge in [-0.3, -0.25) is 0 Å². The minimum atomic E-state index is -2.87. The summed E-state index contributed by atoms with van der Waals surface area (Å²) >= 11 is 0. The Labute approximate surface area is 159 Å². The SMILES string of the molecule is COCc1cc(NC2CCS(=O)(=O)CC2)c2[nH]c(-c3ccccc3)cc2c1. The Bertz CT molecular complexity index is 1030. The number of methoxy groups -OCH3 is 1. The lowest BCUT2D eigenvalue weighted by Crippen LogP contribution is -2.32. The predicted octanol–water partition coefficient (Wildman–Crippen LogP) is 3.97. The molecule has 27 heavy (non-hydrogen) atoms. The first kappa shape index (κ1) is 18.1. The molecule has 3 aromatic rings. The number of ether oxygens (including phenoxy) is 1. The van der Waals surface area contributed by atoms with Crippen molar-refractivity contribution < 1.29 is 13.2 Å². The van der Waals surface area contributed by atoms with Crippen molar-refractivity contribution in [2.24, 2.45) is 0 Å². The molecule has 0 bridgehead atoms. The van der Waals surface area contributed by atoms with E-state index in [1.165, 1.54) is 0 Å². The minimum Gasteiger partial charge on any atom is -0.381 e. The van der Waals surface area contributed by atoms with E-state index in [2.05, 4.69) is 40.6 Å². The molecule has 0 amide bonds. The third-order valence-electron chi connectivity index (χ3n) is 5.10. The zero-order valence-corrected chi connectivity index (χ0v) is 16.2. The fourth-order valence-corrected chi connectivity index (χ4v) is 5.19. The van der Waals surface area contributed by atoms with Crippen LogP contribution in [0.4, 0.5) is 5.69 Å². The second kappa shape index (κ2) is 7.37. The Morgan fingerprint density at radius 1 is 1.11 bits per heavy atom. The van der Waals surface area contributed by atoms with E-state index in [9.17, 15) is 8.42 Å². The average molecular weight is 385 g/mol. The summed E-state index contributed by atoms with van der Waals surface area (Å²) < 4.78 is 28.7. The summed E-state index contributed by atoms with van der Waals surface area (Å²) in [5.74, 6) is 0.511. The highest BCUT2D eigenvalue weighted by molar-refractivity contribution is 7.91. The van der Waals surface area contributed by atoms with Crippen LogP contribution in [0, 0.1) is 0 Å². The first-order valence-corrected chi connectivity index (χ1v) is 11.0. The quantitative estimate of drug-likeness (QED) is 0.698. The number of H-pyrrole nitrogens is 1. The zero-order chi connectivity index (χ0) is 18.9. The van der Waals surface area contributed by atoms with Crippen molar-refractivity contribution in [2.75, 3.05) is 23.9 Å². The zero-order valence-electron chi connectivity index (χ0n) is 15.4. The molecule has 0 unspecified atom stereocenters. The van der Waals surface area contributed by atoms with Crippen molar-refractivity contribution in [1.29, 1.82) is 0 Å². The van der Waals surface area contributed by atoms with E-state index in [0.29, 0.717) is 19.4 Å². The molecular formula is C21H24N2O3S. The van der Waals surface area contributed by atoms with Crippen molar-refractivity contribution in [3.8, 4) is 11.3 Å². The topological polar surface area (TPSA) is 71.2 Å². The lowest BCUT2D eigenvalue weighted by molar-refractivity contribution is 0.185. The van der Waals surface area contributed by atoms with Gasteiger partial charge in [0.1, 0.15) is 9.84 Å². The van der Waals surface area contributed by atoms with Crippen LogP contribution < -0.4 is 5.32 Å². The molecule has 6 heteroatoms. The average Bonchev–Trinajstić information content (AvgIpc) is 3.09. The highest BCUT2D eigenvalue weighted by atomic mass is 32.2. The van der Waals surface area contributed by atoms with Crippen LogP contribution in [-0.4, -0.2) is 38.1 Å². The number of sulfone groups is 1. The number of fused-ring (bicyclic) bond motifs is 1. The van der Waals surface area contributed by atoms with Crippen LogP contribution in [0.15, 0.2) is 48.5 Å². The normalized spacial score (nSPS) is 17.2. The first-order valence-electron chi connectivity index (χ1n) is 9.21. The molecule has 2 aromatic carbocycles. The number of aromatic nitrogens is 1. The molecule has 0 spiro atoms. The van der Waals surface area contributed by atoms with E-state index in [1.807, 2.05) is 18.2 Å². The van der Waals surface area contributed by atoms with Gasteiger partial charge in [0.15, 0.2) is 0 Å². The molecule has 1 aromatic heterocycles. The molecule has 1 aliphatic heterocycles. The summed E-state index contributed by atoms with van der Waals surface area (Å²) in [6.45, 7) is 0.537. The number of anilines is 1. The third-order valence-corrected chi connectivity index (χ3v) is 6.81. The van der Waals surface area contributed by atoms with Crippen molar-refractivity contribution in [1.82, 2.24) is 4.98 Å². The summed E-state index contributed by atoms with van der Waals surface area (Å²) in [6.07, 6.45) is 1.29. The van der Waals surface area contributed by atoms with Gasteiger partial charge >= 0.3 is 0 Å². The van der Waals surface area contributed by atoms with Gasteiger partial charge in [0, 0.05) is 24.2 Å². The standard InChI is InChI=1S/C21H24N2O3S/c1-26-14-15-11-17-13-19(16-5-3-2-4-6-16)23-21(17)20(12-15)22-18-7-9-27(24,25)10-8-18/h2-6,11-13,18,22-23H,7-10,14H2,1H3. The van der Waals surface area contributed by atoms with Crippen LogP contribution in [0.1, 0.15) is 18.4 Å². The summed E-state index contributed by atoms with van der Waals surface area (Å²) in [7, 11) is -1.18. The molecule has 1 saturated heterocycles. The largest absolute Gasteiger partial charge is 0.381 e. The fraction of sp³-hybridized carbons (Fsp3) is 0.333. The van der Waals surface area contributed by atoms with Crippen molar-refractivity contribution >= 4 is 26.4 Å². The van der Waals surface area contributed by atoms with E-state index in [-0.39, 0.29) is 17.5 Å². The van der Waals surface area contributed by atoms with E-state index < -0.39 is 9.84 Å². The van der Waals surface area contributed by atoms with Gasteiger partial charge in [-0.15, -0.1) is 0 Å². The summed E-state index contributed by atoms with van der Waals surface area (Å²) in [4.78, 5) is 3.53. The van der Waals surface area contributed by atoms with Crippen LogP contribution in [0.2, 0.25) is 0 Å². The van der Waals surface area contributed by atoms with Gasteiger partial charge in [-0.1, -0.05) is 30.3 Å². The highest BCUT2D eigenvalue weighted by Crippen LogP contribution is 2.32. The molecular weight excluding hydrogens is 360 g/mol. The number of hydrogen-bond acceptors (Lipinski definition) is 4. The second-order valence-electron chi connectivity index (χ2n) is 7.16. The Morgan fingerprint density at radius 2 is 1.85 bits per heavy atom. The molecule has 1 aliphatic rings. The number of benzene rings is 2. The van der Waals surface area contributed by atoms with E-state index >= 15 is 0 Å². The Morgan fingerprint density at radius 3 is 2.56 bits per heavy atom. The molecule has 0 saturated carbocycles. The smallest absolute Gasteiger partial charge is 0.150 e. The maximum absolute atomic E-state index is 11.7. The lowest BCUT2D eigenvalue weighted by Gasteiger charge is -2.24. The van der Waals surface area contributed by atoms with Gasteiger partial charge in [-0.25, -0.2) is 8.42 Å². The molecule has 2 N–H and O–H groups in total. The Kier molecular flexibility index (Phi) is 4.93. The number of aromatic amines is 1. The fourth-order valence-electron chi connectivity index (χ4n) is 3.70. The van der Waals surface area contributed by atoms with E-state index in [1.54, 1.807) is 7.11 Å². The van der Waals surface area contributed by atoms with Gasteiger partial charge in [-0.05, 0) is 42.2 Å². The van der Waals surface area contributed by atoms with Crippen molar-refractivity contribution in [3.63, 3.8) is 0 Å². The molecule has 2 heterocycles. The predicted molar refractivity (Wildman–Crippen MR) is 110 cm³/mol. The molecule has 4 rings (SSSR count). The minimum absolute atomic E-state index is 0.165. The van der Waals surface area contributed by atoms with Crippen LogP contribution in [-0.2, 0) is 21.2 Å². The van der Waals surface area contributed by atoms with Gasteiger partial charge in [0.25, 0.3) is 0 Å². The highest BCUT2D eigenvalue weighted by Gasteiger charge is 2.24. The Hall–Kier alpha value is -2.31.